The van der Waals surface area contributed by atoms with E-state index in [2.05, 4.69) is 20.3 Å². The van der Waals surface area contributed by atoms with Gasteiger partial charge < -0.3 is 19.2 Å². The number of fused-ring (bicyclic) bond motifs is 1. The highest BCUT2D eigenvalue weighted by Crippen LogP contribution is 2.25. The van der Waals surface area contributed by atoms with Gasteiger partial charge in [0.05, 0.1) is 36.4 Å². The van der Waals surface area contributed by atoms with Gasteiger partial charge in [-0.2, -0.15) is 0 Å². The van der Waals surface area contributed by atoms with Crippen molar-refractivity contribution in [2.45, 2.75) is 25.9 Å². The predicted molar refractivity (Wildman–Crippen MR) is 94.5 cm³/mol. The fraction of sp³-hybridized carbons (Fsp3) is 0.333. The predicted octanol–water partition coefficient (Wildman–Crippen LogP) is 1.79. The third-order valence-corrected chi connectivity index (χ3v) is 4.75. The van der Waals surface area contributed by atoms with Gasteiger partial charge in [-0.1, -0.05) is 0 Å². The molecular weight excluding hydrogens is 332 g/mol. The van der Waals surface area contributed by atoms with Gasteiger partial charge in [0.15, 0.2) is 0 Å². The van der Waals surface area contributed by atoms with Crippen LogP contribution in [0.1, 0.15) is 27.5 Å². The Balaban J connectivity index is 1.60. The number of carbonyl (C=O) groups excluding carboxylic acids is 1. The molecule has 3 aromatic heterocycles. The van der Waals surface area contributed by atoms with E-state index in [4.69, 9.17) is 4.42 Å². The Morgan fingerprint density at radius 3 is 2.88 bits per heavy atom. The van der Waals surface area contributed by atoms with E-state index in [-0.39, 0.29) is 11.9 Å². The van der Waals surface area contributed by atoms with E-state index in [1.807, 2.05) is 16.5 Å². The van der Waals surface area contributed by atoms with Crippen molar-refractivity contribution in [2.24, 2.45) is 7.05 Å². The van der Waals surface area contributed by atoms with Gasteiger partial charge in [-0.25, -0.2) is 15.0 Å². The highest BCUT2D eigenvalue weighted by molar-refractivity contribution is 5.95. The average molecular weight is 352 g/mol. The molecule has 0 bridgehead atoms. The minimum Gasteiger partial charge on any atom is -0.469 e. The fourth-order valence-corrected chi connectivity index (χ4v) is 3.30. The maximum absolute atomic E-state index is 13.1. The van der Waals surface area contributed by atoms with Crippen LogP contribution in [0.5, 0.6) is 0 Å². The molecule has 134 valence electrons. The molecule has 26 heavy (non-hydrogen) atoms. The molecule has 0 spiro atoms. The van der Waals surface area contributed by atoms with Gasteiger partial charge in [0.25, 0.3) is 5.91 Å². The maximum Gasteiger partial charge on any atom is 0.258 e. The molecule has 4 rings (SSSR count). The first-order valence-electron chi connectivity index (χ1n) is 8.48. The van der Waals surface area contributed by atoms with Crippen molar-refractivity contribution in [1.82, 2.24) is 24.4 Å². The molecule has 0 aromatic carbocycles. The molecule has 1 N–H and O–H groups in total. The first-order valence-corrected chi connectivity index (χ1v) is 8.48. The van der Waals surface area contributed by atoms with Crippen LogP contribution in [0.3, 0.4) is 0 Å². The molecule has 8 heteroatoms. The van der Waals surface area contributed by atoms with Gasteiger partial charge >= 0.3 is 0 Å². The fourth-order valence-electron chi connectivity index (χ4n) is 3.30. The Labute approximate surface area is 150 Å². The summed E-state index contributed by atoms with van der Waals surface area (Å²) in [4.78, 5) is 27.8. The number of nitrogens with zero attached hydrogens (tertiary/aromatic N) is 5. The highest BCUT2D eigenvalue weighted by atomic mass is 16.3. The van der Waals surface area contributed by atoms with Crippen molar-refractivity contribution in [2.75, 3.05) is 11.9 Å². The third kappa shape index (κ3) is 2.94. The van der Waals surface area contributed by atoms with E-state index >= 15 is 0 Å². The number of carbonyl (C=O) groups is 1. The first kappa shape index (κ1) is 16.3. The van der Waals surface area contributed by atoms with E-state index in [9.17, 15) is 4.79 Å². The molecular formula is C18H20N6O2. The van der Waals surface area contributed by atoms with Crippen molar-refractivity contribution in [3.8, 4) is 0 Å². The minimum absolute atomic E-state index is 0.0384. The summed E-state index contributed by atoms with van der Waals surface area (Å²) in [5.74, 6) is 1.13. The Kier molecular flexibility index (Phi) is 4.16. The monoisotopic (exact) mass is 352 g/mol. The van der Waals surface area contributed by atoms with Crippen molar-refractivity contribution < 1.29 is 9.21 Å². The van der Waals surface area contributed by atoms with Gasteiger partial charge in [0, 0.05) is 38.1 Å². The zero-order valence-electron chi connectivity index (χ0n) is 14.7. The molecule has 0 saturated carbocycles. The summed E-state index contributed by atoms with van der Waals surface area (Å²) in [6, 6.07) is 3.45. The van der Waals surface area contributed by atoms with Crippen LogP contribution < -0.4 is 5.32 Å². The maximum atomic E-state index is 13.1. The normalized spacial score (nSPS) is 16.4. The lowest BCUT2D eigenvalue weighted by Gasteiger charge is -2.35. The number of hydrogen-bond acceptors (Lipinski definition) is 6. The van der Waals surface area contributed by atoms with Crippen molar-refractivity contribution >= 4 is 11.9 Å². The quantitative estimate of drug-likeness (QED) is 0.770. The second kappa shape index (κ2) is 6.62. The standard InChI is InChI=1S/C18H20N6O2/c1-12-14(4-7-26-12)17(25)24-10-15-16(23(2)11-22-15)8-13(24)9-21-18-19-5-3-6-20-18/h3-7,11,13H,8-10H2,1-2H3,(H,19,20,21). The number of hydrogen-bond donors (Lipinski definition) is 1. The van der Waals surface area contributed by atoms with Gasteiger partial charge in [0.2, 0.25) is 5.95 Å². The van der Waals surface area contributed by atoms with Crippen LogP contribution in [0, 0.1) is 6.92 Å². The lowest BCUT2D eigenvalue weighted by molar-refractivity contribution is 0.0644. The lowest BCUT2D eigenvalue weighted by atomic mass is 10.0. The number of amides is 1. The zero-order chi connectivity index (χ0) is 18.1. The zero-order valence-corrected chi connectivity index (χ0v) is 14.7. The average Bonchev–Trinajstić information content (AvgIpc) is 3.25. The molecule has 1 aliphatic rings. The molecule has 3 aromatic rings. The largest absolute Gasteiger partial charge is 0.469 e. The number of anilines is 1. The Morgan fingerprint density at radius 2 is 2.15 bits per heavy atom. The van der Waals surface area contributed by atoms with Crippen LogP contribution in [0.15, 0.2) is 41.5 Å². The van der Waals surface area contributed by atoms with Crippen LogP contribution in [0.25, 0.3) is 0 Å². The Bertz CT molecular complexity index is 917. The molecule has 1 unspecified atom stereocenters. The first-order chi connectivity index (χ1) is 12.6. The number of furan rings is 1. The Hall–Kier alpha value is -3.16. The second-order valence-corrected chi connectivity index (χ2v) is 6.38. The summed E-state index contributed by atoms with van der Waals surface area (Å²) in [5, 5.41) is 3.23. The van der Waals surface area contributed by atoms with Crippen LogP contribution in [-0.2, 0) is 20.0 Å². The van der Waals surface area contributed by atoms with Gasteiger partial charge in [-0.05, 0) is 19.1 Å². The third-order valence-electron chi connectivity index (χ3n) is 4.75. The van der Waals surface area contributed by atoms with Crippen LogP contribution in [-0.4, -0.2) is 42.9 Å². The SMILES string of the molecule is Cc1occc1C(=O)N1Cc2ncn(C)c2CC1CNc1ncccn1. The summed E-state index contributed by atoms with van der Waals surface area (Å²) in [6.07, 6.45) is 7.44. The van der Waals surface area contributed by atoms with Crippen LogP contribution in [0.4, 0.5) is 5.95 Å². The van der Waals surface area contributed by atoms with Gasteiger partial charge in [-0.3, -0.25) is 4.79 Å². The number of rotatable bonds is 4. The molecule has 0 fully saturated rings. The smallest absolute Gasteiger partial charge is 0.258 e. The molecule has 0 saturated heterocycles. The van der Waals surface area contributed by atoms with Crippen LogP contribution in [0.2, 0.25) is 0 Å². The molecule has 1 aliphatic heterocycles. The van der Waals surface area contributed by atoms with E-state index in [0.717, 1.165) is 11.4 Å². The molecule has 4 heterocycles. The molecule has 1 atom stereocenters. The molecule has 0 radical (unpaired) electrons. The van der Waals surface area contributed by atoms with E-state index in [1.165, 1.54) is 0 Å². The number of aryl methyl sites for hydroxylation is 2. The van der Waals surface area contributed by atoms with E-state index in [0.29, 0.717) is 36.8 Å². The van der Waals surface area contributed by atoms with E-state index in [1.54, 1.807) is 44.0 Å². The summed E-state index contributed by atoms with van der Waals surface area (Å²) in [7, 11) is 1.98. The summed E-state index contributed by atoms with van der Waals surface area (Å²) in [6.45, 7) is 2.83. The van der Waals surface area contributed by atoms with Crippen molar-refractivity contribution in [1.29, 1.82) is 0 Å². The Morgan fingerprint density at radius 1 is 1.35 bits per heavy atom. The lowest BCUT2D eigenvalue weighted by Crippen LogP contribution is -2.48. The van der Waals surface area contributed by atoms with Crippen LogP contribution >= 0.6 is 0 Å². The topological polar surface area (TPSA) is 89.1 Å². The minimum atomic E-state index is -0.0478. The second-order valence-electron chi connectivity index (χ2n) is 6.38. The number of imidazole rings is 1. The van der Waals surface area contributed by atoms with Crippen molar-refractivity contribution in [3.63, 3.8) is 0 Å². The molecule has 0 aliphatic carbocycles. The highest BCUT2D eigenvalue weighted by Gasteiger charge is 2.33. The van der Waals surface area contributed by atoms with Gasteiger partial charge in [0.1, 0.15) is 5.76 Å². The summed E-state index contributed by atoms with van der Waals surface area (Å²) >= 11 is 0. The summed E-state index contributed by atoms with van der Waals surface area (Å²) in [5.41, 5.74) is 2.68. The number of aromatic nitrogens is 4. The van der Waals surface area contributed by atoms with Crippen molar-refractivity contribution in [3.05, 3.63) is 59.8 Å². The summed E-state index contributed by atoms with van der Waals surface area (Å²) < 4.78 is 7.33. The van der Waals surface area contributed by atoms with E-state index < -0.39 is 0 Å². The van der Waals surface area contributed by atoms with Gasteiger partial charge in [-0.15, -0.1) is 0 Å². The molecule has 1 amide bonds. The molecule has 8 nitrogen and oxygen atoms in total. The number of nitrogens with one attached hydrogen (secondary N) is 1.